The monoisotopic (exact) mass is 541 g/mol. The van der Waals surface area contributed by atoms with Gasteiger partial charge in [0.2, 0.25) is 0 Å². The Labute approximate surface area is 223 Å². The minimum Gasteiger partial charge on any atom is -0.367 e. The minimum absolute atomic E-state index is 0.191. The fraction of sp³-hybridized carbons (Fsp3) is 0.444. The summed E-state index contributed by atoms with van der Waals surface area (Å²) < 4.78 is 40.4. The van der Waals surface area contributed by atoms with Crippen molar-refractivity contribution in [2.24, 2.45) is 0 Å². The summed E-state index contributed by atoms with van der Waals surface area (Å²) in [6.45, 7) is 7.63. The van der Waals surface area contributed by atoms with Crippen molar-refractivity contribution in [2.45, 2.75) is 58.3 Å². The molecule has 2 N–H and O–H groups in total. The summed E-state index contributed by atoms with van der Waals surface area (Å²) in [4.78, 5) is 11.7. The maximum Gasteiger partial charge on any atom is 0.393 e. The van der Waals surface area contributed by atoms with Crippen LogP contribution in [-0.2, 0) is 13.0 Å². The minimum atomic E-state index is -4.24. The van der Waals surface area contributed by atoms with Crippen LogP contribution >= 0.6 is 11.3 Å². The number of alkyl halides is 3. The van der Waals surface area contributed by atoms with Gasteiger partial charge in [-0.05, 0) is 55.5 Å². The Balaban J connectivity index is 1.24. The topological polar surface area (TPSA) is 81.8 Å². The predicted molar refractivity (Wildman–Crippen MR) is 145 cm³/mol. The number of nitrogens with zero attached hydrogens (tertiary/aromatic N) is 5. The molecule has 5 rings (SSSR count). The van der Waals surface area contributed by atoms with Gasteiger partial charge < -0.3 is 10.7 Å². The molecule has 200 valence electrons. The molecule has 0 amide bonds. The highest BCUT2D eigenvalue weighted by Crippen LogP contribution is 2.33. The highest BCUT2D eigenvalue weighted by atomic mass is 32.1. The number of likely N-dealkylation sites (tertiary alicyclic amines) is 1. The van der Waals surface area contributed by atoms with E-state index < -0.39 is 12.6 Å². The number of rotatable bonds is 8. The summed E-state index contributed by atoms with van der Waals surface area (Å²) in [5.41, 5.74) is 7.38. The van der Waals surface area contributed by atoms with Gasteiger partial charge in [0.15, 0.2) is 0 Å². The molecule has 4 heterocycles. The van der Waals surface area contributed by atoms with Crippen LogP contribution in [0, 0.1) is 18.3 Å². The number of aryl methyl sites for hydroxylation is 1. The lowest BCUT2D eigenvalue weighted by atomic mass is 10.0. The van der Waals surface area contributed by atoms with Crippen LogP contribution in [0.2, 0.25) is 0 Å². The summed E-state index contributed by atoms with van der Waals surface area (Å²) in [6.07, 6.45) is -0.999. The normalized spacial score (nSPS) is 15.3. The van der Waals surface area contributed by atoms with E-state index in [0.29, 0.717) is 21.7 Å². The van der Waals surface area contributed by atoms with Gasteiger partial charge in [-0.2, -0.15) is 18.4 Å². The number of nitriles is 1. The first kappa shape index (κ1) is 26.3. The Hall–Kier alpha value is -3.36. The Morgan fingerprint density at radius 2 is 1.95 bits per heavy atom. The quantitative estimate of drug-likeness (QED) is 0.286. The number of piperidine rings is 1. The molecule has 0 aliphatic carbocycles. The zero-order valence-electron chi connectivity index (χ0n) is 21.4. The molecule has 1 aliphatic heterocycles. The van der Waals surface area contributed by atoms with Gasteiger partial charge in [0.05, 0.1) is 17.3 Å². The first-order chi connectivity index (χ1) is 18.3. The Bertz CT molecular complexity index is 1480. The number of benzene rings is 1. The highest BCUT2D eigenvalue weighted by molar-refractivity contribution is 7.18. The van der Waals surface area contributed by atoms with Crippen molar-refractivity contribution in [3.8, 4) is 6.07 Å². The molecule has 0 atom stereocenters. The molecular weight excluding hydrogens is 511 g/mol. The fourth-order valence-corrected chi connectivity index (χ4v) is 6.12. The Kier molecular flexibility index (Phi) is 7.45. The van der Waals surface area contributed by atoms with Gasteiger partial charge in [-0.15, -0.1) is 11.3 Å². The van der Waals surface area contributed by atoms with Crippen molar-refractivity contribution in [1.29, 1.82) is 5.26 Å². The molecule has 11 heteroatoms. The van der Waals surface area contributed by atoms with E-state index in [1.165, 1.54) is 17.5 Å². The maximum absolute atomic E-state index is 12.9. The second kappa shape index (κ2) is 10.8. The Morgan fingerprint density at radius 1 is 1.16 bits per heavy atom. The molecule has 0 saturated carbocycles. The molecule has 7 nitrogen and oxygen atoms in total. The van der Waals surface area contributed by atoms with E-state index in [2.05, 4.69) is 57.7 Å². The second-order valence-electron chi connectivity index (χ2n) is 9.81. The number of hydrogen-bond acceptors (Lipinski definition) is 7. The fourth-order valence-electron chi connectivity index (χ4n) is 5.09. The summed E-state index contributed by atoms with van der Waals surface area (Å²) in [5.74, 6) is 0.605. The van der Waals surface area contributed by atoms with Gasteiger partial charge in [-0.3, -0.25) is 4.90 Å². The van der Waals surface area contributed by atoms with Crippen molar-refractivity contribution in [3.05, 3.63) is 52.3 Å². The van der Waals surface area contributed by atoms with Crippen LogP contribution in [0.25, 0.3) is 21.1 Å². The van der Waals surface area contributed by atoms with E-state index in [1.54, 1.807) is 6.07 Å². The van der Waals surface area contributed by atoms with Gasteiger partial charge in [0, 0.05) is 42.5 Å². The Morgan fingerprint density at radius 3 is 2.66 bits per heavy atom. The van der Waals surface area contributed by atoms with E-state index in [1.807, 2.05) is 10.7 Å². The van der Waals surface area contributed by atoms with Gasteiger partial charge in [-0.25, -0.2) is 14.6 Å². The lowest BCUT2D eigenvalue weighted by Gasteiger charge is -2.33. The number of thiophene rings is 1. The smallest absolute Gasteiger partial charge is 0.367 e. The average molecular weight is 542 g/mol. The maximum atomic E-state index is 12.9. The van der Waals surface area contributed by atoms with E-state index in [4.69, 9.17) is 0 Å². The van der Waals surface area contributed by atoms with Crippen LogP contribution in [0.1, 0.15) is 47.9 Å². The number of fused-ring (bicyclic) bond motifs is 2. The molecule has 0 radical (unpaired) electrons. The average Bonchev–Trinajstić information content (AvgIpc) is 3.45. The second-order valence-corrected chi connectivity index (χ2v) is 10.9. The van der Waals surface area contributed by atoms with Gasteiger partial charge >= 0.3 is 6.18 Å². The van der Waals surface area contributed by atoms with Crippen LogP contribution in [-0.4, -0.2) is 51.4 Å². The van der Waals surface area contributed by atoms with Crippen molar-refractivity contribution >= 4 is 38.3 Å². The van der Waals surface area contributed by atoms with E-state index in [0.717, 1.165) is 67.7 Å². The summed E-state index contributed by atoms with van der Waals surface area (Å²) in [5, 5.41) is 14.8. The molecular formula is C27H30F3N7S. The molecule has 38 heavy (non-hydrogen) atoms. The number of anilines is 1. The van der Waals surface area contributed by atoms with E-state index >= 15 is 0 Å². The number of nitrogens with one attached hydrogen (secondary N) is 2. The SMILES string of the molecule is CCCNn1c(C#N)cc2c(C)c(CN3CCC(Nc4ncnc5sc(CC(F)(F)F)cc45)CC3)ccc21. The molecule has 1 saturated heterocycles. The van der Waals surface area contributed by atoms with Crippen molar-refractivity contribution in [2.75, 3.05) is 30.4 Å². The van der Waals surface area contributed by atoms with Gasteiger partial charge in [0.1, 0.15) is 28.7 Å². The molecule has 1 aliphatic rings. The third-order valence-electron chi connectivity index (χ3n) is 7.08. The number of hydrogen-bond donors (Lipinski definition) is 2. The first-order valence-electron chi connectivity index (χ1n) is 12.8. The van der Waals surface area contributed by atoms with E-state index in [-0.39, 0.29) is 10.9 Å². The number of aromatic nitrogens is 3. The molecule has 3 aromatic heterocycles. The first-order valence-corrected chi connectivity index (χ1v) is 13.6. The van der Waals surface area contributed by atoms with Gasteiger partial charge in [0.25, 0.3) is 0 Å². The number of halogens is 3. The van der Waals surface area contributed by atoms with Crippen LogP contribution in [0.5, 0.6) is 0 Å². The third-order valence-corrected chi connectivity index (χ3v) is 8.12. The van der Waals surface area contributed by atoms with Crippen molar-refractivity contribution < 1.29 is 13.2 Å². The summed E-state index contributed by atoms with van der Waals surface area (Å²) in [6, 6.07) is 10.2. The molecule has 0 bridgehead atoms. The van der Waals surface area contributed by atoms with Gasteiger partial charge in [-0.1, -0.05) is 13.0 Å². The highest BCUT2D eigenvalue weighted by Gasteiger charge is 2.29. The zero-order valence-corrected chi connectivity index (χ0v) is 22.2. The standard InChI is InChI=1S/C27H30F3N7S/c1-3-8-34-37-20(14-31)11-22-17(2)18(4-5-24(22)37)15-36-9-6-19(7-10-36)35-25-23-12-21(13-27(28,29)30)38-26(23)33-16-32-25/h4-5,11-12,16,19,34H,3,6-10,13,15H2,1-2H3,(H,32,33,35). The summed E-state index contributed by atoms with van der Waals surface area (Å²) in [7, 11) is 0. The molecule has 0 spiro atoms. The van der Waals surface area contributed by atoms with Crippen molar-refractivity contribution in [3.63, 3.8) is 0 Å². The zero-order chi connectivity index (χ0) is 26.9. The van der Waals surface area contributed by atoms with Crippen molar-refractivity contribution in [1.82, 2.24) is 19.5 Å². The van der Waals surface area contributed by atoms with Crippen LogP contribution in [0.4, 0.5) is 19.0 Å². The molecule has 1 aromatic carbocycles. The largest absolute Gasteiger partial charge is 0.393 e. The summed E-state index contributed by atoms with van der Waals surface area (Å²) >= 11 is 1.07. The molecule has 4 aromatic rings. The van der Waals surface area contributed by atoms with Crippen LogP contribution < -0.4 is 10.7 Å². The lowest BCUT2D eigenvalue weighted by molar-refractivity contribution is -0.126. The molecule has 0 unspecified atom stereocenters. The van der Waals surface area contributed by atoms with Crippen LogP contribution in [0.3, 0.4) is 0 Å². The van der Waals surface area contributed by atoms with E-state index in [9.17, 15) is 18.4 Å². The predicted octanol–water partition coefficient (Wildman–Crippen LogP) is 5.96. The lowest BCUT2D eigenvalue weighted by Crippen LogP contribution is -2.39. The molecule has 1 fully saturated rings. The third kappa shape index (κ3) is 5.56. The van der Waals surface area contributed by atoms with Crippen LogP contribution in [0.15, 0.2) is 30.6 Å².